The zero-order valence-corrected chi connectivity index (χ0v) is 17.9. The predicted octanol–water partition coefficient (Wildman–Crippen LogP) is 3.51. The van der Waals surface area contributed by atoms with Crippen molar-refractivity contribution in [2.75, 3.05) is 31.1 Å². The van der Waals surface area contributed by atoms with E-state index in [0.29, 0.717) is 37.7 Å². The smallest absolute Gasteiger partial charge is 0.274 e. The fraction of sp³-hybridized carbons (Fsp3) is 0.273. The number of aryl methyl sites for hydroxylation is 2. The number of piperazine rings is 1. The second kappa shape index (κ2) is 8.36. The molecule has 0 aliphatic carbocycles. The topological polar surface area (TPSA) is 78.0 Å². The summed E-state index contributed by atoms with van der Waals surface area (Å²) in [5.74, 6) is -0.293. The molecule has 0 N–H and O–H groups in total. The molecule has 0 spiro atoms. The zero-order valence-electron chi connectivity index (χ0n) is 17.1. The molecule has 4 rings (SSSR count). The summed E-state index contributed by atoms with van der Waals surface area (Å²) >= 11 is 6.30. The van der Waals surface area contributed by atoms with Crippen LogP contribution in [0.4, 0.5) is 10.1 Å². The summed E-state index contributed by atoms with van der Waals surface area (Å²) in [7, 11) is 0. The molecule has 1 saturated heterocycles. The van der Waals surface area contributed by atoms with Gasteiger partial charge >= 0.3 is 0 Å². The first-order valence-corrected chi connectivity index (χ1v) is 10.2. The summed E-state index contributed by atoms with van der Waals surface area (Å²) in [5, 5.41) is 14.0. The minimum absolute atomic E-state index is 0.0181. The van der Waals surface area contributed by atoms with E-state index in [2.05, 4.69) is 10.1 Å². The maximum atomic E-state index is 13.9. The average Bonchev–Trinajstić information content (AvgIpc) is 3.11. The van der Waals surface area contributed by atoms with Crippen LogP contribution in [-0.4, -0.2) is 51.8 Å². The summed E-state index contributed by atoms with van der Waals surface area (Å²) in [4.78, 5) is 21.2. The molecule has 7 nitrogen and oxygen atoms in total. The number of carbonyl (C=O) groups excluding carboxylic acids is 1. The van der Waals surface area contributed by atoms with Crippen molar-refractivity contribution in [3.05, 3.63) is 69.9 Å². The van der Waals surface area contributed by atoms with Gasteiger partial charge in [0.25, 0.3) is 5.91 Å². The van der Waals surface area contributed by atoms with Crippen molar-refractivity contribution in [2.24, 2.45) is 0 Å². The van der Waals surface area contributed by atoms with E-state index in [0.717, 1.165) is 11.4 Å². The van der Waals surface area contributed by atoms with Crippen LogP contribution in [0.25, 0.3) is 5.82 Å². The Kier molecular flexibility index (Phi) is 5.61. The fourth-order valence-corrected chi connectivity index (χ4v) is 3.93. The first-order valence-electron chi connectivity index (χ1n) is 9.82. The first kappa shape index (κ1) is 20.8. The molecule has 0 bridgehead atoms. The molecule has 0 saturated carbocycles. The largest absolute Gasteiger partial charge is 0.367 e. The van der Waals surface area contributed by atoms with Gasteiger partial charge in [0.1, 0.15) is 23.1 Å². The third kappa shape index (κ3) is 3.97. The SMILES string of the molecule is Cc1cc(C)n(-c2ccc(Cl)c(C(=O)N3CCN(c4cccc(F)c4C#N)CC3)n2)n1. The highest BCUT2D eigenvalue weighted by Crippen LogP contribution is 2.25. The highest BCUT2D eigenvalue weighted by Gasteiger charge is 2.27. The minimum atomic E-state index is -0.546. The second-order valence-corrected chi connectivity index (χ2v) is 7.77. The van der Waals surface area contributed by atoms with Gasteiger partial charge in [-0.3, -0.25) is 4.79 Å². The third-order valence-electron chi connectivity index (χ3n) is 5.27. The van der Waals surface area contributed by atoms with Crippen LogP contribution in [0.3, 0.4) is 0 Å². The molecule has 3 aromatic rings. The molecule has 1 aromatic carbocycles. The molecule has 9 heteroatoms. The summed E-state index contributed by atoms with van der Waals surface area (Å²) in [6.45, 7) is 5.56. The van der Waals surface area contributed by atoms with Crippen LogP contribution in [0.2, 0.25) is 5.02 Å². The van der Waals surface area contributed by atoms with Gasteiger partial charge in [-0.1, -0.05) is 17.7 Å². The van der Waals surface area contributed by atoms with Crippen LogP contribution < -0.4 is 4.90 Å². The van der Waals surface area contributed by atoms with Crippen LogP contribution in [0, 0.1) is 31.0 Å². The number of hydrogen-bond donors (Lipinski definition) is 0. The normalized spacial score (nSPS) is 13.9. The molecular formula is C22H20ClFN6O. The van der Waals surface area contributed by atoms with Crippen molar-refractivity contribution in [3.8, 4) is 11.9 Å². The monoisotopic (exact) mass is 438 g/mol. The Balaban J connectivity index is 1.53. The molecule has 1 fully saturated rings. The molecule has 3 heterocycles. The van der Waals surface area contributed by atoms with Crippen molar-refractivity contribution in [2.45, 2.75) is 13.8 Å². The standard InChI is InChI=1S/C22H20ClFN6O/c1-14-12-15(2)30(27-14)20-7-6-17(23)21(26-20)22(31)29-10-8-28(9-11-29)19-5-3-4-18(24)16(19)13-25/h3-7,12H,8-11H2,1-2H3. The lowest BCUT2D eigenvalue weighted by Gasteiger charge is -2.36. The number of pyridine rings is 1. The Bertz CT molecular complexity index is 1190. The summed E-state index contributed by atoms with van der Waals surface area (Å²) in [5.41, 5.74) is 2.49. The molecule has 158 valence electrons. The summed E-state index contributed by atoms with van der Waals surface area (Å²) in [6.07, 6.45) is 0. The van der Waals surface area contributed by atoms with Gasteiger partial charge in [0.15, 0.2) is 5.82 Å². The third-order valence-corrected chi connectivity index (χ3v) is 5.58. The van der Waals surface area contributed by atoms with Crippen molar-refractivity contribution in [1.82, 2.24) is 19.7 Å². The average molecular weight is 439 g/mol. The van der Waals surface area contributed by atoms with Gasteiger partial charge in [-0.25, -0.2) is 14.1 Å². The number of amides is 1. The first-order chi connectivity index (χ1) is 14.9. The van der Waals surface area contributed by atoms with Crippen LogP contribution in [0.1, 0.15) is 27.4 Å². The zero-order chi connectivity index (χ0) is 22.1. The van der Waals surface area contributed by atoms with Crippen molar-refractivity contribution in [3.63, 3.8) is 0 Å². The molecule has 0 radical (unpaired) electrons. The number of anilines is 1. The molecular weight excluding hydrogens is 419 g/mol. The quantitative estimate of drug-likeness (QED) is 0.625. The number of halogens is 2. The Morgan fingerprint density at radius 1 is 1.16 bits per heavy atom. The Hall–Kier alpha value is -3.44. The Morgan fingerprint density at radius 2 is 1.90 bits per heavy atom. The number of aromatic nitrogens is 3. The molecule has 0 atom stereocenters. The molecule has 31 heavy (non-hydrogen) atoms. The highest BCUT2D eigenvalue weighted by atomic mass is 35.5. The maximum Gasteiger partial charge on any atom is 0.274 e. The van der Waals surface area contributed by atoms with Gasteiger partial charge in [-0.15, -0.1) is 0 Å². The van der Waals surface area contributed by atoms with E-state index in [4.69, 9.17) is 11.6 Å². The number of rotatable bonds is 3. The van der Waals surface area contributed by atoms with Crippen LogP contribution in [0.5, 0.6) is 0 Å². The van der Waals surface area contributed by atoms with Gasteiger partial charge in [0.05, 0.1) is 16.4 Å². The highest BCUT2D eigenvalue weighted by molar-refractivity contribution is 6.33. The van der Waals surface area contributed by atoms with Crippen molar-refractivity contribution >= 4 is 23.2 Å². The van der Waals surface area contributed by atoms with E-state index in [1.54, 1.807) is 33.8 Å². The lowest BCUT2D eigenvalue weighted by Crippen LogP contribution is -2.49. The lowest BCUT2D eigenvalue weighted by atomic mass is 10.1. The summed E-state index contributed by atoms with van der Waals surface area (Å²) in [6, 6.07) is 11.8. The van der Waals surface area contributed by atoms with Crippen LogP contribution in [-0.2, 0) is 0 Å². The predicted molar refractivity (Wildman–Crippen MR) is 115 cm³/mol. The molecule has 1 aliphatic heterocycles. The second-order valence-electron chi connectivity index (χ2n) is 7.36. The van der Waals surface area contributed by atoms with E-state index >= 15 is 0 Å². The minimum Gasteiger partial charge on any atom is -0.367 e. The number of hydrogen-bond acceptors (Lipinski definition) is 5. The molecule has 2 aromatic heterocycles. The fourth-order valence-electron chi connectivity index (χ4n) is 3.75. The number of benzene rings is 1. The Labute approximate surface area is 184 Å². The van der Waals surface area contributed by atoms with E-state index in [9.17, 15) is 14.4 Å². The van der Waals surface area contributed by atoms with Gasteiger partial charge in [-0.05, 0) is 44.2 Å². The van der Waals surface area contributed by atoms with E-state index in [-0.39, 0.29) is 22.2 Å². The molecule has 0 unspecified atom stereocenters. The molecule has 1 amide bonds. The van der Waals surface area contributed by atoms with E-state index < -0.39 is 5.82 Å². The van der Waals surface area contributed by atoms with Gasteiger partial charge in [0, 0.05) is 31.9 Å². The van der Waals surface area contributed by atoms with Crippen LogP contribution >= 0.6 is 11.6 Å². The van der Waals surface area contributed by atoms with Gasteiger partial charge in [0.2, 0.25) is 0 Å². The van der Waals surface area contributed by atoms with Crippen LogP contribution in [0.15, 0.2) is 36.4 Å². The van der Waals surface area contributed by atoms with E-state index in [1.165, 1.54) is 6.07 Å². The van der Waals surface area contributed by atoms with Crippen molar-refractivity contribution in [1.29, 1.82) is 5.26 Å². The Morgan fingerprint density at radius 3 is 2.55 bits per heavy atom. The number of carbonyl (C=O) groups is 1. The number of nitriles is 1. The van der Waals surface area contributed by atoms with E-state index in [1.807, 2.05) is 30.9 Å². The van der Waals surface area contributed by atoms with Gasteiger partial charge in [-0.2, -0.15) is 10.4 Å². The number of nitrogens with zero attached hydrogens (tertiary/aromatic N) is 6. The molecule has 1 aliphatic rings. The van der Waals surface area contributed by atoms with Crippen molar-refractivity contribution < 1.29 is 9.18 Å². The lowest BCUT2D eigenvalue weighted by molar-refractivity contribution is 0.0741. The summed E-state index contributed by atoms with van der Waals surface area (Å²) < 4.78 is 15.6. The van der Waals surface area contributed by atoms with Gasteiger partial charge < -0.3 is 9.80 Å². The maximum absolute atomic E-state index is 13.9.